The number of rotatable bonds is 9. The lowest BCUT2D eigenvalue weighted by atomic mass is 9.33. The van der Waals surface area contributed by atoms with Crippen LogP contribution in [-0.2, 0) is 54.1 Å². The highest BCUT2D eigenvalue weighted by Gasteiger charge is 2.47. The first-order chi connectivity index (χ1) is 58.9. The second kappa shape index (κ2) is 29.5. The molecule has 0 unspecified atom stereocenters. The van der Waals surface area contributed by atoms with E-state index in [-0.39, 0.29) is 83.9 Å². The summed E-state index contributed by atoms with van der Waals surface area (Å²) in [6.07, 6.45) is 0. The van der Waals surface area contributed by atoms with Crippen molar-refractivity contribution in [2.45, 2.75) is 262 Å². The minimum atomic E-state index is -0.496. The zero-order valence-electron chi connectivity index (χ0n) is 83.8. The van der Waals surface area contributed by atoms with Crippen LogP contribution in [0.25, 0.3) is 94.3 Å². The molecule has 14 aromatic rings. The Morgan fingerprint density at radius 2 is 0.574 bits per heavy atom. The molecule has 0 radical (unpaired) electrons. The molecular formula is C118H132BN3. The Bertz CT molecular complexity index is 6610. The molecule has 0 saturated heterocycles. The van der Waals surface area contributed by atoms with Crippen LogP contribution < -0.4 is 26.2 Å². The first-order valence-corrected chi connectivity index (χ1v) is 44.6. The van der Waals surface area contributed by atoms with Gasteiger partial charge in [-0.1, -0.05) is 414 Å². The van der Waals surface area contributed by atoms with Crippen molar-refractivity contribution in [3.05, 3.63) is 310 Å². The second-order valence-corrected chi connectivity index (χ2v) is 45.8. The van der Waals surface area contributed by atoms with E-state index >= 15 is 0 Å². The number of hydrogen-bond donors (Lipinski definition) is 0. The summed E-state index contributed by atoms with van der Waals surface area (Å²) >= 11 is 0. The normalized spacial score (nSPS) is 14.3. The Balaban J connectivity index is 1.19. The molecule has 3 heterocycles. The molecule has 1 aromatic heterocycles. The minimum absolute atomic E-state index is 0.126. The van der Waals surface area contributed by atoms with Crippen LogP contribution in [0, 0.1) is 0 Å². The molecule has 122 heavy (non-hydrogen) atoms. The highest BCUT2D eigenvalue weighted by atomic mass is 15.2. The van der Waals surface area contributed by atoms with Crippen LogP contribution in [0.3, 0.4) is 0 Å². The molecule has 622 valence electrons. The van der Waals surface area contributed by atoms with E-state index in [9.17, 15) is 5.48 Å². The smallest absolute Gasteiger partial charge is 0.252 e. The molecule has 2 aliphatic heterocycles. The molecule has 3 nitrogen and oxygen atoms in total. The van der Waals surface area contributed by atoms with Gasteiger partial charge >= 0.3 is 0 Å². The molecule has 0 N–H and O–H groups in total. The Hall–Kier alpha value is -10.7. The fourth-order valence-corrected chi connectivity index (χ4v) is 18.5. The highest BCUT2D eigenvalue weighted by molar-refractivity contribution is 7.00. The number of para-hydroxylation sites is 2. The van der Waals surface area contributed by atoms with Gasteiger partial charge < -0.3 is 14.4 Å². The lowest BCUT2D eigenvalue weighted by molar-refractivity contribution is 0.568. The van der Waals surface area contributed by atoms with E-state index in [1.165, 1.54) is 66.4 Å². The molecule has 0 bridgehead atoms. The van der Waals surface area contributed by atoms with Gasteiger partial charge in [-0.15, -0.1) is 0 Å². The highest BCUT2D eigenvalue weighted by Crippen LogP contribution is 2.57. The number of anilines is 6. The summed E-state index contributed by atoms with van der Waals surface area (Å²) in [4.78, 5) is 5.29. The van der Waals surface area contributed by atoms with Crippen molar-refractivity contribution >= 4 is 79.0 Å². The Morgan fingerprint density at radius 1 is 0.238 bits per heavy atom. The number of nitrogens with zero attached hydrogens (tertiary/aromatic N) is 3. The van der Waals surface area contributed by atoms with Gasteiger partial charge in [-0.2, -0.15) is 0 Å². The zero-order chi connectivity index (χ0) is 92.1. The van der Waals surface area contributed by atoms with Gasteiger partial charge in [0.25, 0.3) is 6.71 Å². The largest absolute Gasteiger partial charge is 0.310 e. The molecular weight excluding hydrogens is 1470 g/mol. The van der Waals surface area contributed by atoms with Crippen molar-refractivity contribution in [3.63, 3.8) is 0 Å². The number of fused-ring (bicyclic) bond motifs is 7. The topological polar surface area (TPSA) is 11.4 Å². The van der Waals surface area contributed by atoms with Crippen molar-refractivity contribution in [2.24, 2.45) is 0 Å². The van der Waals surface area contributed by atoms with Crippen LogP contribution in [0.2, 0.25) is 0 Å². The van der Waals surface area contributed by atoms with E-state index in [2.05, 4.69) is 440 Å². The lowest BCUT2D eigenvalue weighted by Crippen LogP contribution is -2.61. The molecule has 0 spiro atoms. The molecule has 0 atom stereocenters. The predicted octanol–water partition coefficient (Wildman–Crippen LogP) is 31.8. The minimum Gasteiger partial charge on any atom is -0.310 e. The van der Waals surface area contributed by atoms with Crippen molar-refractivity contribution in [3.8, 4) is 72.4 Å². The maximum atomic E-state index is 9.96. The summed E-state index contributed by atoms with van der Waals surface area (Å²) in [5.41, 5.74) is 33.9. The Kier molecular flexibility index (Phi) is 19.0. The fraction of sp³-hybridized carbons (Fsp3) is 0.339. The number of aromatic nitrogens is 1. The van der Waals surface area contributed by atoms with E-state index in [1.807, 2.05) is 6.07 Å². The summed E-state index contributed by atoms with van der Waals surface area (Å²) in [6.45, 7) is 69.2. The zero-order valence-corrected chi connectivity index (χ0v) is 78.8. The Morgan fingerprint density at radius 3 is 0.967 bits per heavy atom. The molecule has 0 saturated carbocycles. The van der Waals surface area contributed by atoms with Crippen LogP contribution in [0.5, 0.6) is 0 Å². The van der Waals surface area contributed by atoms with Gasteiger partial charge in [-0.05, 0) is 219 Å². The third-order valence-electron chi connectivity index (χ3n) is 26.2. The molecule has 16 rings (SSSR count). The molecule has 0 aliphatic carbocycles. The van der Waals surface area contributed by atoms with Crippen molar-refractivity contribution in [1.29, 1.82) is 0 Å². The molecule has 4 heteroatoms. The van der Waals surface area contributed by atoms with Crippen LogP contribution in [0.15, 0.2) is 255 Å². The van der Waals surface area contributed by atoms with Gasteiger partial charge in [0.1, 0.15) is 0 Å². The number of hydrogen-bond acceptors (Lipinski definition) is 2. The maximum absolute atomic E-state index is 9.96. The quantitative estimate of drug-likeness (QED) is 0.133. The van der Waals surface area contributed by atoms with E-state index in [0.29, 0.717) is 5.56 Å². The third-order valence-corrected chi connectivity index (χ3v) is 26.2. The summed E-state index contributed by atoms with van der Waals surface area (Å²) < 4.78 is 50.4. The number of benzene rings is 13. The second-order valence-electron chi connectivity index (χ2n) is 45.8. The molecule has 13 aromatic carbocycles. The lowest BCUT2D eigenvalue weighted by Gasteiger charge is -2.46. The Labute approximate surface area is 740 Å². The van der Waals surface area contributed by atoms with Crippen molar-refractivity contribution in [1.82, 2.24) is 4.57 Å². The summed E-state index contributed by atoms with van der Waals surface area (Å²) in [5, 5.41) is 2.34. The van der Waals surface area contributed by atoms with Gasteiger partial charge in [0.2, 0.25) is 0 Å². The molecule has 0 fully saturated rings. The van der Waals surface area contributed by atoms with E-state index in [1.54, 1.807) is 0 Å². The van der Waals surface area contributed by atoms with Gasteiger partial charge in [-0.3, -0.25) is 0 Å². The first-order valence-electron chi connectivity index (χ1n) is 47.1. The van der Waals surface area contributed by atoms with E-state index < -0.39 is 12.8 Å². The molecule has 0 amide bonds. The van der Waals surface area contributed by atoms with Crippen LogP contribution in [-0.4, -0.2) is 11.3 Å². The standard InChI is InChI=1S/C118H132BN3/c1-109(2,3)80-48-42-74(43-49-80)90-38-34-40-92(79-62-87(116(22,23)24)67-88(63-79)117(25,26)27)107(90)121-103-65-77(78-60-85(114(16,17)18)66-86(61-78)115(19,20)21)47-57-99(103)119-98-56-46-76(73-36-32-31-33-37-73)64-102(98)122(105-72-89(71-104(121)106(105)119)120-100-58-53-82(111(7,8)9)68-95(100)96-69-83(112(10,11)12)54-59-101(96)120)108-91(75-44-50-81(51-45-75)110(4,5)6)39-35-41-94(108)93-55-52-84(113(13,14)15)70-97(93)118(28,29)30/h31-72H,1-30H3/i31D,32D,33D,36D,37D. The fourth-order valence-electron chi connectivity index (χ4n) is 18.5. The van der Waals surface area contributed by atoms with Crippen LogP contribution >= 0.6 is 0 Å². The summed E-state index contributed by atoms with van der Waals surface area (Å²) in [7, 11) is 0. The monoisotopic (exact) mass is 1610 g/mol. The summed E-state index contributed by atoms with van der Waals surface area (Å²) in [6, 6.07) is 86.1. The molecule has 2 aliphatic rings. The van der Waals surface area contributed by atoms with Gasteiger partial charge in [0.05, 0.1) is 34.9 Å². The average molecular weight is 1610 g/mol. The van der Waals surface area contributed by atoms with Gasteiger partial charge in [-0.25, -0.2) is 0 Å². The van der Waals surface area contributed by atoms with Crippen molar-refractivity contribution in [2.75, 3.05) is 9.80 Å². The predicted molar refractivity (Wildman–Crippen MR) is 534 cm³/mol. The summed E-state index contributed by atoms with van der Waals surface area (Å²) in [5.74, 6) is 0. The van der Waals surface area contributed by atoms with E-state index in [0.717, 1.165) is 123 Å². The van der Waals surface area contributed by atoms with Crippen molar-refractivity contribution < 1.29 is 6.85 Å². The van der Waals surface area contributed by atoms with Gasteiger partial charge in [0, 0.05) is 55.8 Å². The van der Waals surface area contributed by atoms with Crippen LogP contribution in [0.4, 0.5) is 34.1 Å². The van der Waals surface area contributed by atoms with Crippen LogP contribution in [0.1, 0.15) is 270 Å². The van der Waals surface area contributed by atoms with Gasteiger partial charge in [0.15, 0.2) is 0 Å². The SMILES string of the molecule is [2H]c1c([2H])c([2H])c(-c2ccc3c(c2)N(c2c(-c4ccc(C(C)(C)C)cc4)cccc2-c2ccc(C(C)(C)C)cc2C(C)(C)C)c2cc(-n4c5ccc(C(C)(C)C)cc5c5cc(C(C)(C)C)ccc54)cc4c2B3c2ccc(-c3cc(C(C)(C)C)cc(C(C)(C)C)c3)cc2N4c2c(-c3ccc(C(C)(C)C)cc3)cccc2-c2cc(C(C)(C)C)cc(C(C)(C)C)c2)c([2H])c1[2H]. The average Bonchev–Trinajstić information content (AvgIpc) is 1.24. The maximum Gasteiger partial charge on any atom is 0.252 e. The first kappa shape index (κ1) is 78.6. The third kappa shape index (κ3) is 15.6. The van der Waals surface area contributed by atoms with E-state index in [4.69, 9.17) is 1.37 Å².